The van der Waals surface area contributed by atoms with Crippen LogP contribution >= 0.6 is 0 Å². The number of hydrogen-bond acceptors (Lipinski definition) is 3. The molecule has 2 aliphatic rings. The monoisotopic (exact) mass is 313 g/mol. The number of nitrogens with zero attached hydrogens (tertiary/aromatic N) is 2. The molecule has 1 atom stereocenters. The normalized spacial score (nSPS) is 17.3. The van der Waals surface area contributed by atoms with Crippen LogP contribution in [-0.4, -0.2) is 6.29 Å². The highest BCUT2D eigenvalue weighted by atomic mass is 15.5. The Bertz CT molecular complexity index is 933. The predicted molar refractivity (Wildman–Crippen MR) is 100 cm³/mol. The van der Waals surface area contributed by atoms with Crippen LogP contribution in [-0.2, 0) is 0 Å². The lowest BCUT2D eigenvalue weighted by atomic mass is 10.1. The van der Waals surface area contributed by atoms with Crippen LogP contribution in [0, 0.1) is 13.8 Å². The summed E-state index contributed by atoms with van der Waals surface area (Å²) >= 11 is 0. The number of benzene rings is 3. The Morgan fingerprint density at radius 3 is 2.21 bits per heavy atom. The smallest absolute Gasteiger partial charge is 0.187 e. The van der Waals surface area contributed by atoms with E-state index in [0.29, 0.717) is 0 Å². The van der Waals surface area contributed by atoms with E-state index < -0.39 is 0 Å². The molecule has 1 unspecified atom stereocenters. The van der Waals surface area contributed by atoms with Gasteiger partial charge in [-0.15, -0.1) is 0 Å². The topological polar surface area (TPSA) is 18.5 Å². The second-order valence-electron chi connectivity index (χ2n) is 6.61. The first-order valence-corrected chi connectivity index (χ1v) is 8.34. The summed E-state index contributed by atoms with van der Waals surface area (Å²) in [4.78, 5) is 4.79. The maximum atomic E-state index is 3.69. The number of hydrogen-bond donors (Lipinski definition) is 1. The van der Waals surface area contributed by atoms with E-state index in [-0.39, 0.29) is 6.29 Å². The lowest BCUT2D eigenvalue weighted by Crippen LogP contribution is -2.40. The van der Waals surface area contributed by atoms with Gasteiger partial charge in [0.05, 0.1) is 22.7 Å². The molecule has 3 aromatic rings. The fourth-order valence-electron chi connectivity index (χ4n) is 3.77. The van der Waals surface area contributed by atoms with Crippen LogP contribution in [0.15, 0.2) is 66.7 Å². The zero-order valence-electron chi connectivity index (χ0n) is 13.8. The number of para-hydroxylation sites is 1. The summed E-state index contributed by atoms with van der Waals surface area (Å²) in [6.07, 6.45) is 0.0843. The van der Waals surface area contributed by atoms with E-state index in [9.17, 15) is 0 Å². The Hall–Kier alpha value is -2.94. The SMILES string of the molecule is Cc1ccc2c(c1)N1c3cc(C)ccc3N(c3ccccc3)C1N2. The summed E-state index contributed by atoms with van der Waals surface area (Å²) in [6, 6.07) is 23.9. The van der Waals surface area contributed by atoms with Gasteiger partial charge in [0, 0.05) is 5.69 Å². The highest BCUT2D eigenvalue weighted by molar-refractivity contribution is 5.96. The molecule has 0 radical (unpaired) electrons. The molecule has 0 saturated carbocycles. The van der Waals surface area contributed by atoms with Crippen molar-refractivity contribution in [2.24, 2.45) is 0 Å². The zero-order valence-corrected chi connectivity index (χ0v) is 13.8. The Kier molecular flexibility index (Phi) is 2.69. The summed E-state index contributed by atoms with van der Waals surface area (Å²) in [5.41, 5.74) is 8.72. The molecule has 3 aromatic carbocycles. The molecule has 0 aromatic heterocycles. The van der Waals surface area contributed by atoms with E-state index in [1.165, 1.54) is 39.6 Å². The van der Waals surface area contributed by atoms with Crippen molar-refractivity contribution < 1.29 is 0 Å². The molecule has 0 spiro atoms. The summed E-state index contributed by atoms with van der Waals surface area (Å²) in [6.45, 7) is 4.30. The fraction of sp³-hybridized carbons (Fsp3) is 0.143. The van der Waals surface area contributed by atoms with Crippen molar-refractivity contribution in [2.75, 3.05) is 15.1 Å². The van der Waals surface area contributed by atoms with Crippen LogP contribution in [0.1, 0.15) is 11.1 Å². The molecule has 0 fully saturated rings. The van der Waals surface area contributed by atoms with Crippen molar-refractivity contribution in [1.82, 2.24) is 0 Å². The van der Waals surface area contributed by atoms with Crippen LogP contribution in [0.5, 0.6) is 0 Å². The van der Waals surface area contributed by atoms with Crippen molar-refractivity contribution >= 4 is 28.4 Å². The van der Waals surface area contributed by atoms with Gasteiger partial charge in [-0.3, -0.25) is 4.90 Å². The number of anilines is 5. The maximum Gasteiger partial charge on any atom is 0.187 e. The molecule has 0 amide bonds. The molecule has 24 heavy (non-hydrogen) atoms. The fourth-order valence-corrected chi connectivity index (χ4v) is 3.77. The molecule has 3 nitrogen and oxygen atoms in total. The molecular formula is C21H19N3. The van der Waals surface area contributed by atoms with Crippen LogP contribution in [0.3, 0.4) is 0 Å². The van der Waals surface area contributed by atoms with Crippen molar-refractivity contribution in [3.05, 3.63) is 77.9 Å². The Labute approximate surface area is 142 Å². The van der Waals surface area contributed by atoms with Crippen molar-refractivity contribution in [1.29, 1.82) is 0 Å². The van der Waals surface area contributed by atoms with E-state index >= 15 is 0 Å². The molecule has 118 valence electrons. The highest BCUT2D eigenvalue weighted by Gasteiger charge is 2.42. The highest BCUT2D eigenvalue weighted by Crippen LogP contribution is 2.53. The van der Waals surface area contributed by atoms with E-state index in [1.54, 1.807) is 0 Å². The van der Waals surface area contributed by atoms with Gasteiger partial charge in [-0.1, -0.05) is 30.3 Å². The summed E-state index contributed by atoms with van der Waals surface area (Å²) in [5, 5.41) is 3.69. The molecule has 2 aliphatic heterocycles. The molecule has 1 N–H and O–H groups in total. The van der Waals surface area contributed by atoms with Crippen molar-refractivity contribution in [2.45, 2.75) is 20.1 Å². The van der Waals surface area contributed by atoms with Gasteiger partial charge in [-0.2, -0.15) is 0 Å². The first-order valence-electron chi connectivity index (χ1n) is 8.34. The Balaban J connectivity index is 1.74. The van der Waals surface area contributed by atoms with Crippen LogP contribution < -0.4 is 15.1 Å². The minimum absolute atomic E-state index is 0.0843. The molecule has 2 heterocycles. The van der Waals surface area contributed by atoms with E-state index in [0.717, 1.165) is 0 Å². The molecule has 5 rings (SSSR count). The first-order chi connectivity index (χ1) is 11.7. The predicted octanol–water partition coefficient (Wildman–Crippen LogP) is 5.30. The number of fused-ring (bicyclic) bond motifs is 5. The number of nitrogens with one attached hydrogen (secondary N) is 1. The Morgan fingerprint density at radius 2 is 1.42 bits per heavy atom. The maximum absolute atomic E-state index is 3.69. The first kappa shape index (κ1) is 13.5. The third-order valence-corrected chi connectivity index (χ3v) is 4.87. The van der Waals surface area contributed by atoms with Gasteiger partial charge in [-0.25, -0.2) is 0 Å². The van der Waals surface area contributed by atoms with Gasteiger partial charge in [0.1, 0.15) is 0 Å². The van der Waals surface area contributed by atoms with Crippen LogP contribution in [0.4, 0.5) is 28.4 Å². The summed E-state index contributed by atoms with van der Waals surface area (Å²) < 4.78 is 0. The summed E-state index contributed by atoms with van der Waals surface area (Å²) in [7, 11) is 0. The standard InChI is InChI=1S/C21H19N3/c1-14-8-10-17-19(12-14)24-20-13-15(2)9-11-18(20)23(21(24)22-17)16-6-4-3-5-7-16/h3-13,21-22H,1-2H3. The molecule has 0 saturated heterocycles. The van der Waals surface area contributed by atoms with Gasteiger partial charge >= 0.3 is 0 Å². The minimum atomic E-state index is 0.0843. The average Bonchev–Trinajstić information content (AvgIpc) is 3.09. The largest absolute Gasteiger partial charge is 0.346 e. The van der Waals surface area contributed by atoms with E-state index in [1.807, 2.05) is 0 Å². The van der Waals surface area contributed by atoms with Gasteiger partial charge in [-0.05, 0) is 61.4 Å². The minimum Gasteiger partial charge on any atom is -0.346 e. The molecule has 0 aliphatic carbocycles. The average molecular weight is 313 g/mol. The van der Waals surface area contributed by atoms with Gasteiger partial charge in [0.2, 0.25) is 0 Å². The quantitative estimate of drug-likeness (QED) is 0.657. The van der Waals surface area contributed by atoms with Gasteiger partial charge in [0.25, 0.3) is 0 Å². The lowest BCUT2D eigenvalue weighted by Gasteiger charge is -2.27. The second-order valence-corrected chi connectivity index (χ2v) is 6.61. The zero-order chi connectivity index (χ0) is 16.3. The lowest BCUT2D eigenvalue weighted by molar-refractivity contribution is 0.808. The van der Waals surface area contributed by atoms with Gasteiger partial charge in [0.15, 0.2) is 6.29 Å². The molecule has 3 heteroatoms. The van der Waals surface area contributed by atoms with Crippen molar-refractivity contribution in [3.8, 4) is 0 Å². The van der Waals surface area contributed by atoms with Crippen LogP contribution in [0.2, 0.25) is 0 Å². The van der Waals surface area contributed by atoms with E-state index in [2.05, 4.69) is 95.7 Å². The van der Waals surface area contributed by atoms with Gasteiger partial charge < -0.3 is 10.2 Å². The molecule has 0 bridgehead atoms. The summed E-state index contributed by atoms with van der Waals surface area (Å²) in [5.74, 6) is 0. The number of aryl methyl sites for hydroxylation is 2. The second kappa shape index (κ2) is 4.78. The molecular weight excluding hydrogens is 294 g/mol. The third-order valence-electron chi connectivity index (χ3n) is 4.87. The Morgan fingerprint density at radius 1 is 0.708 bits per heavy atom. The van der Waals surface area contributed by atoms with Crippen molar-refractivity contribution in [3.63, 3.8) is 0 Å². The number of rotatable bonds is 1. The van der Waals surface area contributed by atoms with Crippen LogP contribution in [0.25, 0.3) is 0 Å². The third kappa shape index (κ3) is 1.78. The van der Waals surface area contributed by atoms with E-state index in [4.69, 9.17) is 0 Å².